The third-order valence-corrected chi connectivity index (χ3v) is 4.28. The molecule has 4 aromatic rings. The summed E-state index contributed by atoms with van der Waals surface area (Å²) in [5.41, 5.74) is 4.58. The first-order valence-corrected chi connectivity index (χ1v) is 8.56. The third kappa shape index (κ3) is 3.34. The first kappa shape index (κ1) is 17.5. The molecule has 0 atom stereocenters. The lowest BCUT2D eigenvalue weighted by Crippen LogP contribution is -2.16. The van der Waals surface area contributed by atoms with Gasteiger partial charge in [-0.05, 0) is 17.7 Å². The van der Waals surface area contributed by atoms with Crippen LogP contribution in [-0.2, 0) is 0 Å². The lowest BCUT2D eigenvalue weighted by atomic mass is 10.1. The Morgan fingerprint density at radius 3 is 2.82 bits per heavy atom. The van der Waals surface area contributed by atoms with Crippen LogP contribution in [0.25, 0.3) is 22.2 Å². The van der Waals surface area contributed by atoms with Crippen LogP contribution in [0.1, 0.15) is 11.1 Å². The monoisotopic (exact) mass is 389 g/mol. The van der Waals surface area contributed by atoms with Crippen LogP contribution in [-0.4, -0.2) is 26.4 Å². The molecule has 0 unspecified atom stereocenters. The maximum absolute atomic E-state index is 12.2. The predicted octanol–water partition coefficient (Wildman–Crippen LogP) is 3.28. The summed E-state index contributed by atoms with van der Waals surface area (Å²) in [7, 11) is 0. The Labute approximate surface area is 163 Å². The number of hydrogen-bond acceptors (Lipinski definition) is 6. The molecule has 0 saturated carbocycles. The summed E-state index contributed by atoms with van der Waals surface area (Å²) < 4.78 is 0. The molecule has 0 spiro atoms. The number of hydrogen-bond donors (Lipinski definition) is 3. The quantitative estimate of drug-likeness (QED) is 0.365. The second-order valence-electron chi connectivity index (χ2n) is 5.80. The lowest BCUT2D eigenvalue weighted by molar-refractivity contribution is 1.08. The fraction of sp³-hybridized carbons (Fsp3) is 0. The molecule has 0 bridgehead atoms. The molecule has 3 N–H and O–H groups in total. The van der Waals surface area contributed by atoms with Gasteiger partial charge < -0.3 is 0 Å². The minimum absolute atomic E-state index is 0.0548. The zero-order valence-corrected chi connectivity index (χ0v) is 15.0. The minimum atomic E-state index is -0.541. The zero-order valence-electron chi connectivity index (χ0n) is 14.3. The highest BCUT2D eigenvalue weighted by Crippen LogP contribution is 2.21. The summed E-state index contributed by atoms with van der Waals surface area (Å²) in [5.74, 6) is 0.126. The first-order valence-electron chi connectivity index (χ1n) is 8.18. The van der Waals surface area contributed by atoms with Crippen molar-refractivity contribution in [2.75, 3.05) is 5.43 Å². The first-order chi connectivity index (χ1) is 13.7. The molecule has 0 radical (unpaired) electrons. The van der Waals surface area contributed by atoms with E-state index in [1.807, 2.05) is 42.5 Å². The molecule has 9 heteroatoms. The maximum Gasteiger partial charge on any atom is 0.270 e. The number of rotatable bonds is 4. The Kier molecular flexibility index (Phi) is 4.58. The molecular formula is C19H12ClN7O. The standard InChI is InChI=1S/C19H12ClN7O/c20-17-13-8-11(6-7-15(13)25-26-17)10-22-27-19-23-16(12-4-2-1-3-5-12)14(9-21)18(28)24-19/h1-8,10H,(H,25,26)(H2,23,24,27,28). The minimum Gasteiger partial charge on any atom is -0.290 e. The van der Waals surface area contributed by atoms with Gasteiger partial charge in [0.15, 0.2) is 0 Å². The maximum atomic E-state index is 12.2. The van der Waals surface area contributed by atoms with Crippen molar-refractivity contribution in [3.63, 3.8) is 0 Å². The Bertz CT molecular complexity index is 1290. The van der Waals surface area contributed by atoms with Gasteiger partial charge in [0.1, 0.15) is 16.8 Å². The van der Waals surface area contributed by atoms with E-state index >= 15 is 0 Å². The molecular weight excluding hydrogens is 378 g/mol. The Morgan fingerprint density at radius 2 is 2.04 bits per heavy atom. The summed E-state index contributed by atoms with van der Waals surface area (Å²) in [4.78, 5) is 19.0. The summed E-state index contributed by atoms with van der Waals surface area (Å²) in [6.45, 7) is 0. The molecule has 8 nitrogen and oxygen atoms in total. The number of nitrogens with zero attached hydrogens (tertiary/aromatic N) is 4. The second kappa shape index (κ2) is 7.34. The van der Waals surface area contributed by atoms with Crippen molar-refractivity contribution in [1.29, 1.82) is 5.26 Å². The number of aromatic nitrogens is 4. The van der Waals surface area contributed by atoms with E-state index < -0.39 is 5.56 Å². The number of aromatic amines is 2. The van der Waals surface area contributed by atoms with Gasteiger partial charge in [-0.15, -0.1) is 0 Å². The number of nitrogens with one attached hydrogen (secondary N) is 3. The smallest absolute Gasteiger partial charge is 0.270 e. The van der Waals surface area contributed by atoms with Crippen molar-refractivity contribution < 1.29 is 0 Å². The molecule has 0 aliphatic carbocycles. The van der Waals surface area contributed by atoms with Gasteiger partial charge in [0.05, 0.1) is 17.4 Å². The van der Waals surface area contributed by atoms with E-state index in [9.17, 15) is 10.1 Å². The van der Waals surface area contributed by atoms with E-state index in [1.54, 1.807) is 18.3 Å². The van der Waals surface area contributed by atoms with Crippen molar-refractivity contribution in [2.45, 2.75) is 0 Å². The van der Waals surface area contributed by atoms with Gasteiger partial charge in [-0.2, -0.15) is 15.5 Å². The Morgan fingerprint density at radius 1 is 1.21 bits per heavy atom. The highest BCUT2D eigenvalue weighted by Gasteiger charge is 2.12. The number of fused-ring (bicyclic) bond motifs is 1. The normalized spacial score (nSPS) is 11.0. The van der Waals surface area contributed by atoms with Gasteiger partial charge in [-0.25, -0.2) is 10.4 Å². The molecule has 4 rings (SSSR count). The predicted molar refractivity (Wildman–Crippen MR) is 107 cm³/mol. The number of H-pyrrole nitrogens is 2. The van der Waals surface area contributed by atoms with E-state index in [4.69, 9.17) is 11.6 Å². The van der Waals surface area contributed by atoms with Gasteiger partial charge >= 0.3 is 0 Å². The number of nitriles is 1. The topological polar surface area (TPSA) is 123 Å². The van der Waals surface area contributed by atoms with Crippen LogP contribution in [0, 0.1) is 11.3 Å². The van der Waals surface area contributed by atoms with Crippen LogP contribution in [0.4, 0.5) is 5.95 Å². The molecule has 0 fully saturated rings. The molecule has 2 aromatic carbocycles. The van der Waals surface area contributed by atoms with Crippen molar-refractivity contribution in [1.82, 2.24) is 20.2 Å². The molecule has 2 aromatic heterocycles. The summed E-state index contributed by atoms with van der Waals surface area (Å²) in [6.07, 6.45) is 1.56. The van der Waals surface area contributed by atoms with E-state index in [1.165, 1.54) is 0 Å². The van der Waals surface area contributed by atoms with Crippen LogP contribution in [0.2, 0.25) is 5.15 Å². The third-order valence-electron chi connectivity index (χ3n) is 3.99. The summed E-state index contributed by atoms with van der Waals surface area (Å²) in [5, 5.41) is 21.4. The van der Waals surface area contributed by atoms with Gasteiger partial charge in [-0.3, -0.25) is 14.9 Å². The number of anilines is 1. The van der Waals surface area contributed by atoms with Crippen molar-refractivity contribution in [3.8, 4) is 17.3 Å². The summed E-state index contributed by atoms with van der Waals surface area (Å²) >= 11 is 6.04. The number of hydrazone groups is 1. The van der Waals surface area contributed by atoms with E-state index in [2.05, 4.69) is 30.7 Å². The van der Waals surface area contributed by atoms with E-state index in [-0.39, 0.29) is 17.2 Å². The van der Waals surface area contributed by atoms with Crippen LogP contribution >= 0.6 is 11.6 Å². The molecule has 0 aliphatic heterocycles. The van der Waals surface area contributed by atoms with Crippen molar-refractivity contribution in [2.24, 2.45) is 5.10 Å². The van der Waals surface area contributed by atoms with Crippen molar-refractivity contribution >= 4 is 34.7 Å². The average Bonchev–Trinajstić information content (AvgIpc) is 3.09. The van der Waals surface area contributed by atoms with Crippen LogP contribution in [0.3, 0.4) is 0 Å². The largest absolute Gasteiger partial charge is 0.290 e. The molecule has 0 saturated heterocycles. The second-order valence-corrected chi connectivity index (χ2v) is 6.18. The molecule has 28 heavy (non-hydrogen) atoms. The van der Waals surface area contributed by atoms with Gasteiger partial charge in [0.2, 0.25) is 5.95 Å². The van der Waals surface area contributed by atoms with Crippen LogP contribution in [0.5, 0.6) is 0 Å². The van der Waals surface area contributed by atoms with Gasteiger partial charge in [0, 0.05) is 10.9 Å². The van der Waals surface area contributed by atoms with Crippen LogP contribution in [0.15, 0.2) is 58.4 Å². The Balaban J connectivity index is 1.63. The van der Waals surface area contributed by atoms with E-state index in [0.717, 1.165) is 16.5 Å². The molecule has 0 aliphatic rings. The van der Waals surface area contributed by atoms with E-state index in [0.29, 0.717) is 10.7 Å². The SMILES string of the molecule is N#Cc1c(-c2ccccc2)nc(NN=Cc2ccc3n[nH]c(Cl)c3c2)[nH]c1=O. The summed E-state index contributed by atoms with van der Waals surface area (Å²) in [6, 6.07) is 16.4. The van der Waals surface area contributed by atoms with Gasteiger partial charge in [0.25, 0.3) is 5.56 Å². The Hall–Kier alpha value is -3.96. The zero-order chi connectivity index (χ0) is 19.5. The molecule has 136 valence electrons. The number of halogens is 1. The molecule has 2 heterocycles. The van der Waals surface area contributed by atoms with Crippen molar-refractivity contribution in [3.05, 3.63) is 75.2 Å². The number of benzene rings is 2. The highest BCUT2D eigenvalue weighted by atomic mass is 35.5. The molecule has 0 amide bonds. The highest BCUT2D eigenvalue weighted by molar-refractivity contribution is 6.34. The average molecular weight is 390 g/mol. The fourth-order valence-electron chi connectivity index (χ4n) is 2.68. The van der Waals surface area contributed by atoms with Gasteiger partial charge in [-0.1, -0.05) is 48.0 Å². The fourth-order valence-corrected chi connectivity index (χ4v) is 2.87. The lowest BCUT2D eigenvalue weighted by Gasteiger charge is -2.05. The van der Waals surface area contributed by atoms with Crippen LogP contribution < -0.4 is 11.0 Å².